The van der Waals surface area contributed by atoms with Crippen molar-refractivity contribution < 1.29 is 14.7 Å². The van der Waals surface area contributed by atoms with Gasteiger partial charge in [-0.2, -0.15) is 0 Å². The number of piperidine rings is 1. The first kappa shape index (κ1) is 15.3. The summed E-state index contributed by atoms with van der Waals surface area (Å²) in [7, 11) is 0. The topological polar surface area (TPSA) is 83.6 Å². The molecule has 1 aromatic carbocycles. The summed E-state index contributed by atoms with van der Waals surface area (Å²) in [5.74, 6) is -0.350. The summed E-state index contributed by atoms with van der Waals surface area (Å²) >= 11 is 0. The normalized spacial score (nSPS) is 22.5. The third kappa shape index (κ3) is 3.92. The highest BCUT2D eigenvalue weighted by atomic mass is 16.3. The van der Waals surface area contributed by atoms with E-state index in [1.165, 1.54) is 6.08 Å². The Morgan fingerprint density at radius 1 is 1.33 bits per heavy atom. The van der Waals surface area contributed by atoms with Crippen molar-refractivity contribution in [2.24, 2.45) is 11.7 Å². The number of primary amides is 1. The Morgan fingerprint density at radius 2 is 2.00 bits per heavy atom. The largest absolute Gasteiger partial charge is 0.391 e. The van der Waals surface area contributed by atoms with E-state index in [0.29, 0.717) is 18.7 Å². The molecule has 0 bridgehead atoms. The molecule has 1 aromatic rings. The summed E-state index contributed by atoms with van der Waals surface area (Å²) in [6.45, 7) is 3.04. The fraction of sp³-hybridized carbons (Fsp3) is 0.375. The molecule has 0 aliphatic carbocycles. The van der Waals surface area contributed by atoms with Gasteiger partial charge < -0.3 is 15.7 Å². The van der Waals surface area contributed by atoms with E-state index in [1.807, 2.05) is 6.92 Å². The lowest BCUT2D eigenvalue weighted by Gasteiger charge is -2.33. The number of nitrogens with two attached hydrogens (primary N) is 1. The molecular formula is C16H20N2O3. The van der Waals surface area contributed by atoms with Gasteiger partial charge in [-0.25, -0.2) is 0 Å². The predicted octanol–water partition coefficient (Wildman–Crippen LogP) is 1.03. The lowest BCUT2D eigenvalue weighted by atomic mass is 9.96. The maximum Gasteiger partial charge on any atom is 0.248 e. The van der Waals surface area contributed by atoms with E-state index in [9.17, 15) is 14.7 Å². The number of likely N-dealkylation sites (tertiary alicyclic amines) is 1. The van der Waals surface area contributed by atoms with Gasteiger partial charge in [-0.3, -0.25) is 9.59 Å². The van der Waals surface area contributed by atoms with Crippen molar-refractivity contribution in [2.45, 2.75) is 19.4 Å². The van der Waals surface area contributed by atoms with Crippen LogP contribution in [0.2, 0.25) is 0 Å². The highest BCUT2D eigenvalue weighted by Gasteiger charge is 2.26. The van der Waals surface area contributed by atoms with Crippen LogP contribution in [0.25, 0.3) is 6.08 Å². The minimum atomic E-state index is -0.474. The van der Waals surface area contributed by atoms with Crippen LogP contribution in [0.5, 0.6) is 0 Å². The standard InChI is InChI=1S/C16H20N2O3/c1-11-8-9-18(10-14(11)19)15(20)7-4-12-2-5-13(6-3-12)16(17)21/h2-7,11,14,19H,8-10H2,1H3,(H2,17,21)/b7-4+. The number of carbonyl (C=O) groups is 2. The molecule has 2 rings (SSSR count). The first-order valence-electron chi connectivity index (χ1n) is 7.02. The van der Waals surface area contributed by atoms with E-state index in [4.69, 9.17) is 5.73 Å². The molecule has 1 heterocycles. The Morgan fingerprint density at radius 3 is 2.57 bits per heavy atom. The Hall–Kier alpha value is -2.14. The van der Waals surface area contributed by atoms with Gasteiger partial charge in [0.25, 0.3) is 0 Å². The van der Waals surface area contributed by atoms with Crippen molar-refractivity contribution >= 4 is 17.9 Å². The summed E-state index contributed by atoms with van der Waals surface area (Å²) in [5.41, 5.74) is 6.42. The smallest absolute Gasteiger partial charge is 0.248 e. The number of benzene rings is 1. The number of β-amino-alcohol motifs (C(OH)–C–C–N with tert-alkyl or cyclic N) is 1. The van der Waals surface area contributed by atoms with Crippen LogP contribution in [-0.4, -0.2) is 41.0 Å². The summed E-state index contributed by atoms with van der Waals surface area (Å²) in [4.78, 5) is 24.7. The van der Waals surface area contributed by atoms with Crippen LogP contribution in [0.15, 0.2) is 30.3 Å². The van der Waals surface area contributed by atoms with E-state index in [1.54, 1.807) is 35.2 Å². The molecule has 21 heavy (non-hydrogen) atoms. The van der Waals surface area contributed by atoms with Gasteiger partial charge in [0.1, 0.15) is 0 Å². The maximum absolute atomic E-state index is 12.1. The average Bonchev–Trinajstić information content (AvgIpc) is 2.48. The van der Waals surface area contributed by atoms with Crippen LogP contribution in [-0.2, 0) is 4.79 Å². The molecule has 2 unspecified atom stereocenters. The molecule has 0 aromatic heterocycles. The highest BCUT2D eigenvalue weighted by molar-refractivity contribution is 5.94. The highest BCUT2D eigenvalue weighted by Crippen LogP contribution is 2.17. The number of amides is 2. The molecule has 0 radical (unpaired) electrons. The van der Waals surface area contributed by atoms with Crippen LogP contribution in [0.3, 0.4) is 0 Å². The second-order valence-corrected chi connectivity index (χ2v) is 5.44. The predicted molar refractivity (Wildman–Crippen MR) is 80.4 cm³/mol. The van der Waals surface area contributed by atoms with Crippen molar-refractivity contribution in [3.63, 3.8) is 0 Å². The van der Waals surface area contributed by atoms with Crippen LogP contribution in [0.4, 0.5) is 0 Å². The average molecular weight is 288 g/mol. The van der Waals surface area contributed by atoms with Gasteiger partial charge in [-0.05, 0) is 36.1 Å². The zero-order valence-corrected chi connectivity index (χ0v) is 12.0. The van der Waals surface area contributed by atoms with Gasteiger partial charge in [0.2, 0.25) is 11.8 Å². The third-order valence-electron chi connectivity index (χ3n) is 3.84. The molecule has 0 spiro atoms. The van der Waals surface area contributed by atoms with Crippen molar-refractivity contribution in [1.82, 2.24) is 4.90 Å². The van der Waals surface area contributed by atoms with Gasteiger partial charge in [0.05, 0.1) is 6.10 Å². The van der Waals surface area contributed by atoms with Crippen LogP contribution < -0.4 is 5.73 Å². The molecule has 1 fully saturated rings. The second kappa shape index (κ2) is 6.54. The number of hydrogen-bond acceptors (Lipinski definition) is 3. The van der Waals surface area contributed by atoms with Crippen molar-refractivity contribution in [3.8, 4) is 0 Å². The van der Waals surface area contributed by atoms with Crippen molar-refractivity contribution in [3.05, 3.63) is 41.5 Å². The quantitative estimate of drug-likeness (QED) is 0.815. The van der Waals surface area contributed by atoms with Gasteiger partial charge in [-0.1, -0.05) is 19.1 Å². The fourth-order valence-corrected chi connectivity index (χ4v) is 2.28. The summed E-state index contributed by atoms with van der Waals surface area (Å²) < 4.78 is 0. The number of aliphatic hydroxyl groups excluding tert-OH is 1. The van der Waals surface area contributed by atoms with Gasteiger partial charge in [0, 0.05) is 24.7 Å². The first-order chi connectivity index (χ1) is 9.97. The molecule has 2 amide bonds. The van der Waals surface area contributed by atoms with Gasteiger partial charge in [0.15, 0.2) is 0 Å². The Kier molecular flexibility index (Phi) is 4.75. The number of nitrogens with zero attached hydrogens (tertiary/aromatic N) is 1. The zero-order valence-electron chi connectivity index (χ0n) is 12.0. The minimum Gasteiger partial charge on any atom is -0.391 e. The Bertz CT molecular complexity index is 551. The molecule has 1 saturated heterocycles. The molecule has 112 valence electrons. The monoisotopic (exact) mass is 288 g/mol. The SMILES string of the molecule is CC1CCN(C(=O)/C=C/c2ccc(C(N)=O)cc2)CC1O. The number of rotatable bonds is 3. The lowest BCUT2D eigenvalue weighted by Crippen LogP contribution is -2.45. The molecule has 1 aliphatic heterocycles. The molecular weight excluding hydrogens is 268 g/mol. The molecule has 5 nitrogen and oxygen atoms in total. The first-order valence-corrected chi connectivity index (χ1v) is 7.02. The van der Waals surface area contributed by atoms with E-state index in [-0.39, 0.29) is 11.8 Å². The zero-order chi connectivity index (χ0) is 15.4. The fourth-order valence-electron chi connectivity index (χ4n) is 2.28. The number of carbonyl (C=O) groups excluding carboxylic acids is 2. The van der Waals surface area contributed by atoms with E-state index in [0.717, 1.165) is 12.0 Å². The lowest BCUT2D eigenvalue weighted by molar-refractivity contribution is -0.130. The van der Waals surface area contributed by atoms with E-state index in [2.05, 4.69) is 0 Å². The second-order valence-electron chi connectivity index (χ2n) is 5.44. The van der Waals surface area contributed by atoms with Gasteiger partial charge in [-0.15, -0.1) is 0 Å². The molecule has 3 N–H and O–H groups in total. The minimum absolute atomic E-state index is 0.111. The molecule has 5 heteroatoms. The molecule has 2 atom stereocenters. The van der Waals surface area contributed by atoms with E-state index >= 15 is 0 Å². The van der Waals surface area contributed by atoms with Crippen LogP contribution >= 0.6 is 0 Å². The van der Waals surface area contributed by atoms with Gasteiger partial charge >= 0.3 is 0 Å². The molecule has 1 aliphatic rings. The maximum atomic E-state index is 12.1. The summed E-state index contributed by atoms with van der Waals surface area (Å²) in [6, 6.07) is 6.71. The van der Waals surface area contributed by atoms with Crippen LogP contribution in [0, 0.1) is 5.92 Å². The number of hydrogen-bond donors (Lipinski definition) is 2. The third-order valence-corrected chi connectivity index (χ3v) is 3.84. The Labute approximate surface area is 124 Å². The Balaban J connectivity index is 1.97. The summed E-state index contributed by atoms with van der Waals surface area (Å²) in [5, 5.41) is 9.80. The van der Waals surface area contributed by atoms with Crippen molar-refractivity contribution in [2.75, 3.05) is 13.1 Å². The molecule has 0 saturated carbocycles. The van der Waals surface area contributed by atoms with E-state index < -0.39 is 12.0 Å². The van der Waals surface area contributed by atoms with Crippen LogP contribution in [0.1, 0.15) is 29.3 Å². The summed E-state index contributed by atoms with van der Waals surface area (Å²) in [6.07, 6.45) is 3.54. The van der Waals surface area contributed by atoms with Crippen molar-refractivity contribution in [1.29, 1.82) is 0 Å². The number of aliphatic hydroxyl groups is 1.